The highest BCUT2D eigenvalue weighted by molar-refractivity contribution is 4.64. The number of rotatable bonds is 6. The normalized spacial score (nSPS) is 14.2. The van der Waals surface area contributed by atoms with Crippen molar-refractivity contribution in [3.8, 4) is 0 Å². The van der Waals surface area contributed by atoms with Crippen molar-refractivity contribution in [3.05, 3.63) is 0 Å². The molecule has 0 radical (unpaired) electrons. The highest BCUT2D eigenvalue weighted by Gasteiger charge is 2.09. The SMILES string of the molecule is CCCCN(C)C(C)CC(C)C. The van der Waals surface area contributed by atoms with Gasteiger partial charge < -0.3 is 4.90 Å². The predicted octanol–water partition coefficient (Wildman–Crippen LogP) is 3.15. The van der Waals surface area contributed by atoms with Crippen molar-refractivity contribution < 1.29 is 0 Å². The molecular formula is C11H25N. The molecule has 0 aliphatic heterocycles. The molecule has 0 aliphatic carbocycles. The lowest BCUT2D eigenvalue weighted by atomic mass is 10.0. The van der Waals surface area contributed by atoms with E-state index in [0.717, 1.165) is 12.0 Å². The molecule has 0 spiro atoms. The van der Waals surface area contributed by atoms with Gasteiger partial charge in [-0.25, -0.2) is 0 Å². The number of nitrogens with zero attached hydrogens (tertiary/aromatic N) is 1. The van der Waals surface area contributed by atoms with Gasteiger partial charge in [-0.3, -0.25) is 0 Å². The summed E-state index contributed by atoms with van der Waals surface area (Å²) in [6.07, 6.45) is 3.96. The van der Waals surface area contributed by atoms with Gasteiger partial charge in [0.15, 0.2) is 0 Å². The van der Waals surface area contributed by atoms with Gasteiger partial charge in [-0.05, 0) is 39.3 Å². The maximum atomic E-state index is 2.48. The zero-order valence-corrected chi connectivity index (χ0v) is 9.43. The Morgan fingerprint density at radius 2 is 1.75 bits per heavy atom. The lowest BCUT2D eigenvalue weighted by molar-refractivity contribution is 0.225. The molecule has 0 aromatic heterocycles. The molecule has 0 heterocycles. The van der Waals surface area contributed by atoms with E-state index >= 15 is 0 Å². The van der Waals surface area contributed by atoms with E-state index < -0.39 is 0 Å². The van der Waals surface area contributed by atoms with E-state index in [9.17, 15) is 0 Å². The summed E-state index contributed by atoms with van der Waals surface area (Å²) in [4.78, 5) is 2.48. The lowest BCUT2D eigenvalue weighted by Crippen LogP contribution is -2.31. The zero-order valence-electron chi connectivity index (χ0n) is 9.43. The molecule has 1 heteroatoms. The van der Waals surface area contributed by atoms with Crippen molar-refractivity contribution in [2.24, 2.45) is 5.92 Å². The van der Waals surface area contributed by atoms with Gasteiger partial charge in [-0.1, -0.05) is 27.2 Å². The molecule has 0 aromatic carbocycles. The fraction of sp³-hybridized carbons (Fsp3) is 1.00. The van der Waals surface area contributed by atoms with Gasteiger partial charge in [0.05, 0.1) is 0 Å². The molecule has 0 aromatic rings. The Kier molecular flexibility index (Phi) is 6.45. The molecule has 1 nitrogen and oxygen atoms in total. The number of hydrogen-bond acceptors (Lipinski definition) is 1. The van der Waals surface area contributed by atoms with Gasteiger partial charge in [0.2, 0.25) is 0 Å². The molecule has 1 atom stereocenters. The molecule has 0 rings (SSSR count). The molecular weight excluding hydrogens is 146 g/mol. The van der Waals surface area contributed by atoms with E-state index in [1.807, 2.05) is 0 Å². The average molecular weight is 171 g/mol. The monoisotopic (exact) mass is 171 g/mol. The fourth-order valence-electron chi connectivity index (χ4n) is 1.49. The van der Waals surface area contributed by atoms with E-state index in [4.69, 9.17) is 0 Å². The van der Waals surface area contributed by atoms with Crippen LogP contribution in [0.15, 0.2) is 0 Å². The molecule has 74 valence electrons. The summed E-state index contributed by atoms with van der Waals surface area (Å²) in [5.41, 5.74) is 0. The fourth-order valence-corrected chi connectivity index (χ4v) is 1.49. The number of hydrogen-bond donors (Lipinski definition) is 0. The summed E-state index contributed by atoms with van der Waals surface area (Å²) in [6.45, 7) is 10.4. The highest BCUT2D eigenvalue weighted by Crippen LogP contribution is 2.09. The van der Waals surface area contributed by atoms with Crippen LogP contribution >= 0.6 is 0 Å². The third kappa shape index (κ3) is 5.59. The average Bonchev–Trinajstić information content (AvgIpc) is 1.98. The van der Waals surface area contributed by atoms with E-state index in [1.165, 1.54) is 25.8 Å². The van der Waals surface area contributed by atoms with Gasteiger partial charge in [-0.15, -0.1) is 0 Å². The topological polar surface area (TPSA) is 3.24 Å². The van der Waals surface area contributed by atoms with Gasteiger partial charge >= 0.3 is 0 Å². The molecule has 0 amide bonds. The molecule has 0 bridgehead atoms. The minimum atomic E-state index is 0.747. The van der Waals surface area contributed by atoms with Crippen LogP contribution in [0.2, 0.25) is 0 Å². The number of unbranched alkanes of at least 4 members (excludes halogenated alkanes) is 1. The first kappa shape index (κ1) is 12.0. The maximum Gasteiger partial charge on any atom is 0.00663 e. The molecule has 0 saturated heterocycles. The van der Waals surface area contributed by atoms with Crippen molar-refractivity contribution in [3.63, 3.8) is 0 Å². The van der Waals surface area contributed by atoms with Gasteiger partial charge in [0, 0.05) is 6.04 Å². The first-order valence-electron chi connectivity index (χ1n) is 5.28. The van der Waals surface area contributed by atoms with Crippen LogP contribution in [0.5, 0.6) is 0 Å². The van der Waals surface area contributed by atoms with Crippen LogP contribution in [-0.2, 0) is 0 Å². The van der Waals surface area contributed by atoms with Crippen molar-refractivity contribution in [2.75, 3.05) is 13.6 Å². The summed E-state index contributed by atoms with van der Waals surface area (Å²) in [5.74, 6) is 0.823. The molecule has 0 N–H and O–H groups in total. The summed E-state index contributed by atoms with van der Waals surface area (Å²) >= 11 is 0. The quantitative estimate of drug-likeness (QED) is 0.593. The highest BCUT2D eigenvalue weighted by atomic mass is 15.1. The Bertz CT molecular complexity index is 99.2. The minimum Gasteiger partial charge on any atom is -0.304 e. The Morgan fingerprint density at radius 3 is 2.17 bits per heavy atom. The lowest BCUT2D eigenvalue weighted by Gasteiger charge is -2.25. The van der Waals surface area contributed by atoms with Crippen LogP contribution in [-0.4, -0.2) is 24.5 Å². The van der Waals surface area contributed by atoms with Crippen LogP contribution in [0.1, 0.15) is 47.0 Å². The van der Waals surface area contributed by atoms with Crippen molar-refractivity contribution in [1.82, 2.24) is 4.90 Å². The van der Waals surface area contributed by atoms with Crippen LogP contribution in [0.25, 0.3) is 0 Å². The second kappa shape index (κ2) is 6.47. The first-order valence-corrected chi connectivity index (χ1v) is 5.28. The summed E-state index contributed by atoms with van der Waals surface area (Å²) in [7, 11) is 2.24. The predicted molar refractivity (Wildman–Crippen MR) is 56.5 cm³/mol. The Balaban J connectivity index is 3.53. The minimum absolute atomic E-state index is 0.747. The van der Waals surface area contributed by atoms with Crippen LogP contribution < -0.4 is 0 Å². The molecule has 12 heavy (non-hydrogen) atoms. The largest absolute Gasteiger partial charge is 0.304 e. The Labute approximate surface area is 78.1 Å². The van der Waals surface area contributed by atoms with E-state index in [1.54, 1.807) is 0 Å². The third-order valence-electron chi connectivity index (χ3n) is 2.43. The third-order valence-corrected chi connectivity index (χ3v) is 2.43. The second-order valence-electron chi connectivity index (χ2n) is 4.31. The van der Waals surface area contributed by atoms with Gasteiger partial charge in [-0.2, -0.15) is 0 Å². The van der Waals surface area contributed by atoms with Gasteiger partial charge in [0.1, 0.15) is 0 Å². The van der Waals surface area contributed by atoms with E-state index in [-0.39, 0.29) is 0 Å². The standard InChI is InChI=1S/C11H25N/c1-6-7-8-12(5)11(4)9-10(2)3/h10-11H,6-9H2,1-5H3. The molecule has 0 aliphatic rings. The Morgan fingerprint density at radius 1 is 1.17 bits per heavy atom. The van der Waals surface area contributed by atoms with Crippen molar-refractivity contribution in [1.29, 1.82) is 0 Å². The maximum absolute atomic E-state index is 2.48. The van der Waals surface area contributed by atoms with E-state index in [0.29, 0.717) is 0 Å². The summed E-state index contributed by atoms with van der Waals surface area (Å²) in [5, 5.41) is 0. The Hall–Kier alpha value is -0.0400. The summed E-state index contributed by atoms with van der Waals surface area (Å²) in [6, 6.07) is 0.747. The molecule has 1 unspecified atom stereocenters. The van der Waals surface area contributed by atoms with E-state index in [2.05, 4.69) is 39.6 Å². The van der Waals surface area contributed by atoms with Gasteiger partial charge in [0.25, 0.3) is 0 Å². The van der Waals surface area contributed by atoms with Crippen molar-refractivity contribution in [2.45, 2.75) is 53.0 Å². The van der Waals surface area contributed by atoms with Crippen LogP contribution in [0.4, 0.5) is 0 Å². The second-order valence-corrected chi connectivity index (χ2v) is 4.31. The summed E-state index contributed by atoms with van der Waals surface area (Å²) < 4.78 is 0. The van der Waals surface area contributed by atoms with Crippen LogP contribution in [0, 0.1) is 5.92 Å². The van der Waals surface area contributed by atoms with Crippen molar-refractivity contribution >= 4 is 0 Å². The van der Waals surface area contributed by atoms with Crippen LogP contribution in [0.3, 0.4) is 0 Å². The first-order chi connectivity index (χ1) is 5.57. The smallest absolute Gasteiger partial charge is 0.00663 e. The zero-order chi connectivity index (χ0) is 9.56. The molecule has 0 fully saturated rings. The molecule has 0 saturated carbocycles.